The van der Waals surface area contributed by atoms with Gasteiger partial charge in [-0.25, -0.2) is 0 Å². The molecule has 1 heteroatoms. The van der Waals surface area contributed by atoms with Crippen LogP contribution in [0.3, 0.4) is 0 Å². The van der Waals surface area contributed by atoms with Crippen molar-refractivity contribution < 1.29 is 0 Å². The van der Waals surface area contributed by atoms with Gasteiger partial charge in [0.2, 0.25) is 0 Å². The third-order valence-corrected chi connectivity index (χ3v) is 3.00. The molecule has 0 aliphatic carbocycles. The lowest BCUT2D eigenvalue weighted by Crippen LogP contribution is -2.00. The van der Waals surface area contributed by atoms with E-state index in [1.807, 2.05) is 0 Å². The molecule has 0 saturated carbocycles. The molecule has 0 rings (SSSR count). The van der Waals surface area contributed by atoms with Crippen LogP contribution in [0.1, 0.15) is 73.1 Å². The number of hydrogen-bond donors (Lipinski definition) is 0. The van der Waals surface area contributed by atoms with Gasteiger partial charge in [-0.15, -0.1) is 0 Å². The topological polar surface area (TPSA) is 12.4 Å². The van der Waals surface area contributed by atoms with Crippen molar-refractivity contribution in [3.05, 3.63) is 11.8 Å². The Bertz CT molecular complexity index is 224. The fourth-order valence-electron chi connectivity index (χ4n) is 1.43. The molecule has 0 atom stereocenters. The Hall–Kier alpha value is -0.590. The minimum Gasteiger partial charge on any atom is -0.266 e. The minimum absolute atomic E-state index is 0.564. The van der Waals surface area contributed by atoms with E-state index in [1.54, 1.807) is 0 Å². The zero-order valence-electron chi connectivity index (χ0n) is 11.8. The van der Waals surface area contributed by atoms with Gasteiger partial charge in [-0.1, -0.05) is 52.0 Å². The summed E-state index contributed by atoms with van der Waals surface area (Å²) in [5.41, 5.74) is 2.64. The van der Waals surface area contributed by atoms with E-state index in [0.29, 0.717) is 5.92 Å². The molecule has 0 bridgehead atoms. The third-order valence-electron chi connectivity index (χ3n) is 3.00. The highest BCUT2D eigenvalue weighted by Gasteiger charge is 1.96. The lowest BCUT2D eigenvalue weighted by Gasteiger charge is -2.03. The third kappa shape index (κ3) is 8.70. The van der Waals surface area contributed by atoms with Crippen molar-refractivity contribution in [2.45, 2.75) is 73.1 Å². The molecule has 0 aromatic rings. The van der Waals surface area contributed by atoms with Gasteiger partial charge in [0.05, 0.1) is 0 Å². The Balaban J connectivity index is 3.75. The van der Waals surface area contributed by atoms with Crippen LogP contribution >= 0.6 is 0 Å². The average Bonchev–Trinajstić information content (AvgIpc) is 2.25. The second-order valence-corrected chi connectivity index (χ2v) is 5.06. The van der Waals surface area contributed by atoms with E-state index < -0.39 is 0 Å². The summed E-state index contributed by atoms with van der Waals surface area (Å²) in [6.07, 6.45) is 10.0. The van der Waals surface area contributed by atoms with Crippen LogP contribution in [-0.2, 0) is 0 Å². The first kappa shape index (κ1) is 15.4. The van der Waals surface area contributed by atoms with Crippen LogP contribution in [-0.4, -0.2) is 5.71 Å². The van der Waals surface area contributed by atoms with Gasteiger partial charge in [0.15, 0.2) is 0 Å². The number of allylic oxidation sites excluding steroid dienone is 1. The summed E-state index contributed by atoms with van der Waals surface area (Å²) < 4.78 is 0. The SMILES string of the molecule is CCCCCCC/C(C)=C/N=C(C)C(C)C. The molecule has 0 aromatic carbocycles. The Labute approximate surface area is 102 Å². The van der Waals surface area contributed by atoms with E-state index in [-0.39, 0.29) is 0 Å². The molecule has 1 nitrogen and oxygen atoms in total. The molecule has 0 radical (unpaired) electrons. The first-order valence-corrected chi connectivity index (χ1v) is 6.77. The molecule has 0 unspecified atom stereocenters. The van der Waals surface area contributed by atoms with Gasteiger partial charge in [-0.2, -0.15) is 0 Å². The lowest BCUT2D eigenvalue weighted by molar-refractivity contribution is 0.630. The largest absolute Gasteiger partial charge is 0.266 e. The van der Waals surface area contributed by atoms with Crippen LogP contribution in [0.15, 0.2) is 16.8 Å². The number of unbranched alkanes of at least 4 members (excludes halogenated alkanes) is 4. The maximum atomic E-state index is 4.49. The second kappa shape index (κ2) is 9.62. The van der Waals surface area contributed by atoms with E-state index in [2.05, 4.69) is 45.8 Å². The lowest BCUT2D eigenvalue weighted by atomic mass is 10.1. The van der Waals surface area contributed by atoms with Crippen molar-refractivity contribution in [3.63, 3.8) is 0 Å². The Kier molecular flexibility index (Phi) is 9.27. The highest BCUT2D eigenvalue weighted by Crippen LogP contribution is 2.11. The fraction of sp³-hybridized carbons (Fsp3) is 0.800. The Morgan fingerprint density at radius 1 is 1.06 bits per heavy atom. The average molecular weight is 223 g/mol. The predicted molar refractivity (Wildman–Crippen MR) is 75.1 cm³/mol. The second-order valence-electron chi connectivity index (χ2n) is 5.06. The van der Waals surface area contributed by atoms with E-state index in [4.69, 9.17) is 0 Å². The van der Waals surface area contributed by atoms with Crippen LogP contribution in [0.5, 0.6) is 0 Å². The summed E-state index contributed by atoms with van der Waals surface area (Å²) >= 11 is 0. The molecule has 0 N–H and O–H groups in total. The number of aliphatic imine (C=N–C) groups is 1. The fourth-order valence-corrected chi connectivity index (χ4v) is 1.43. The molecule has 0 saturated heterocycles. The molecule has 0 heterocycles. The van der Waals surface area contributed by atoms with Crippen molar-refractivity contribution in [1.29, 1.82) is 0 Å². The van der Waals surface area contributed by atoms with Crippen LogP contribution in [0.25, 0.3) is 0 Å². The molecule has 0 fully saturated rings. The van der Waals surface area contributed by atoms with Crippen molar-refractivity contribution in [2.24, 2.45) is 10.9 Å². The number of hydrogen-bond acceptors (Lipinski definition) is 1. The summed E-state index contributed by atoms with van der Waals surface area (Å²) in [7, 11) is 0. The smallest absolute Gasteiger partial charge is 0.0256 e. The number of nitrogens with zero attached hydrogens (tertiary/aromatic N) is 1. The maximum absolute atomic E-state index is 4.49. The zero-order valence-corrected chi connectivity index (χ0v) is 11.8. The zero-order chi connectivity index (χ0) is 12.4. The predicted octanol–water partition coefficient (Wildman–Crippen LogP) is 5.37. The monoisotopic (exact) mass is 223 g/mol. The summed E-state index contributed by atoms with van der Waals surface area (Å²) in [6.45, 7) is 10.9. The highest BCUT2D eigenvalue weighted by molar-refractivity contribution is 5.84. The summed E-state index contributed by atoms with van der Waals surface area (Å²) in [6, 6.07) is 0. The summed E-state index contributed by atoms with van der Waals surface area (Å²) in [5.74, 6) is 0.564. The van der Waals surface area contributed by atoms with Gasteiger partial charge in [0, 0.05) is 11.9 Å². The molecule has 94 valence electrons. The molecular weight excluding hydrogens is 194 g/mol. The van der Waals surface area contributed by atoms with Gasteiger partial charge in [-0.3, -0.25) is 4.99 Å². The van der Waals surface area contributed by atoms with Gasteiger partial charge >= 0.3 is 0 Å². The van der Waals surface area contributed by atoms with Gasteiger partial charge in [0.25, 0.3) is 0 Å². The molecule has 0 aromatic heterocycles. The maximum Gasteiger partial charge on any atom is 0.0256 e. The summed E-state index contributed by atoms with van der Waals surface area (Å²) in [4.78, 5) is 4.49. The van der Waals surface area contributed by atoms with Crippen LogP contribution in [0.4, 0.5) is 0 Å². The van der Waals surface area contributed by atoms with Crippen LogP contribution in [0, 0.1) is 5.92 Å². The molecule has 0 spiro atoms. The van der Waals surface area contributed by atoms with Crippen molar-refractivity contribution in [3.8, 4) is 0 Å². The highest BCUT2D eigenvalue weighted by atomic mass is 14.7. The van der Waals surface area contributed by atoms with E-state index in [9.17, 15) is 0 Å². The minimum atomic E-state index is 0.564. The van der Waals surface area contributed by atoms with Crippen molar-refractivity contribution >= 4 is 5.71 Å². The molecule has 0 aliphatic heterocycles. The van der Waals surface area contributed by atoms with Gasteiger partial charge < -0.3 is 0 Å². The molecule has 0 amide bonds. The quantitative estimate of drug-likeness (QED) is 0.387. The normalized spacial score (nSPS) is 13.6. The Morgan fingerprint density at radius 2 is 1.69 bits per heavy atom. The van der Waals surface area contributed by atoms with Gasteiger partial charge in [0.1, 0.15) is 0 Å². The van der Waals surface area contributed by atoms with E-state index in [1.165, 1.54) is 49.8 Å². The van der Waals surface area contributed by atoms with E-state index >= 15 is 0 Å². The van der Waals surface area contributed by atoms with Crippen LogP contribution in [0.2, 0.25) is 0 Å². The van der Waals surface area contributed by atoms with Crippen LogP contribution < -0.4 is 0 Å². The van der Waals surface area contributed by atoms with E-state index in [0.717, 1.165) is 0 Å². The number of rotatable bonds is 8. The first-order chi connectivity index (χ1) is 7.57. The van der Waals surface area contributed by atoms with Crippen molar-refractivity contribution in [2.75, 3.05) is 0 Å². The van der Waals surface area contributed by atoms with Crippen molar-refractivity contribution in [1.82, 2.24) is 0 Å². The summed E-state index contributed by atoms with van der Waals surface area (Å²) in [5, 5.41) is 0. The Morgan fingerprint density at radius 3 is 2.25 bits per heavy atom. The standard InChI is InChI=1S/C15H29N/c1-6-7-8-9-10-11-14(4)12-16-15(5)13(2)3/h12-13H,6-11H2,1-5H3/b14-12+,16-15?. The molecule has 0 aliphatic rings. The van der Waals surface area contributed by atoms with Gasteiger partial charge in [-0.05, 0) is 32.6 Å². The molecular formula is C15H29N. The molecule has 16 heavy (non-hydrogen) atoms. The first-order valence-electron chi connectivity index (χ1n) is 6.77.